The Bertz CT molecular complexity index is 754. The van der Waals surface area contributed by atoms with Crippen molar-refractivity contribution in [3.63, 3.8) is 0 Å². The third kappa shape index (κ3) is 2.82. The summed E-state index contributed by atoms with van der Waals surface area (Å²) in [4.78, 5) is 1.24. The first kappa shape index (κ1) is 14.6. The van der Waals surface area contributed by atoms with Crippen LogP contribution in [0.2, 0.25) is 0 Å². The van der Waals surface area contributed by atoms with Crippen LogP contribution in [0.1, 0.15) is 53.5 Å². The minimum absolute atomic E-state index is 0.00143. The SMILES string of the molecule is C[C@H](c1nnc([C@H]2CCO[C@@H]2c2ccccc2)o1)c1cccs1. The number of hydrogen-bond donors (Lipinski definition) is 0. The average molecular weight is 326 g/mol. The van der Waals surface area contributed by atoms with Gasteiger partial charge in [0.25, 0.3) is 0 Å². The molecule has 23 heavy (non-hydrogen) atoms. The Kier molecular flexibility index (Phi) is 3.97. The second kappa shape index (κ2) is 6.26. The fourth-order valence-corrected chi connectivity index (χ4v) is 3.82. The maximum Gasteiger partial charge on any atom is 0.224 e. The van der Waals surface area contributed by atoms with Gasteiger partial charge in [0, 0.05) is 11.5 Å². The molecule has 0 bridgehead atoms. The van der Waals surface area contributed by atoms with Crippen LogP contribution in [0.5, 0.6) is 0 Å². The van der Waals surface area contributed by atoms with Gasteiger partial charge in [-0.15, -0.1) is 21.5 Å². The smallest absolute Gasteiger partial charge is 0.224 e. The second-order valence-corrected chi connectivity index (χ2v) is 6.79. The van der Waals surface area contributed by atoms with Gasteiger partial charge in [0.2, 0.25) is 11.8 Å². The van der Waals surface area contributed by atoms with Crippen LogP contribution in [-0.4, -0.2) is 16.8 Å². The molecule has 4 nitrogen and oxygen atoms in total. The molecule has 0 aliphatic carbocycles. The highest BCUT2D eigenvalue weighted by molar-refractivity contribution is 7.10. The van der Waals surface area contributed by atoms with Crippen molar-refractivity contribution in [1.82, 2.24) is 10.2 Å². The van der Waals surface area contributed by atoms with Crippen molar-refractivity contribution in [2.45, 2.75) is 31.3 Å². The predicted octanol–water partition coefficient (Wildman–Crippen LogP) is 4.53. The Labute approximate surface area is 139 Å². The first-order chi connectivity index (χ1) is 11.3. The summed E-state index contributed by atoms with van der Waals surface area (Å²) in [6, 6.07) is 14.4. The van der Waals surface area contributed by atoms with Crippen molar-refractivity contribution < 1.29 is 9.15 Å². The summed E-state index contributed by atoms with van der Waals surface area (Å²) in [6.45, 7) is 2.82. The van der Waals surface area contributed by atoms with Crippen LogP contribution in [-0.2, 0) is 4.74 Å². The first-order valence-electron chi connectivity index (χ1n) is 7.86. The molecular formula is C18H18N2O2S. The van der Waals surface area contributed by atoms with Crippen molar-refractivity contribution in [3.8, 4) is 0 Å². The van der Waals surface area contributed by atoms with E-state index in [1.807, 2.05) is 24.3 Å². The van der Waals surface area contributed by atoms with E-state index >= 15 is 0 Å². The van der Waals surface area contributed by atoms with E-state index in [9.17, 15) is 0 Å². The van der Waals surface area contributed by atoms with Crippen LogP contribution >= 0.6 is 11.3 Å². The predicted molar refractivity (Wildman–Crippen MR) is 88.6 cm³/mol. The van der Waals surface area contributed by atoms with Crippen molar-refractivity contribution in [2.75, 3.05) is 6.61 Å². The monoisotopic (exact) mass is 326 g/mol. The van der Waals surface area contributed by atoms with Gasteiger partial charge in [-0.05, 0) is 30.4 Å². The van der Waals surface area contributed by atoms with Gasteiger partial charge < -0.3 is 9.15 Å². The zero-order valence-corrected chi connectivity index (χ0v) is 13.7. The second-order valence-electron chi connectivity index (χ2n) is 5.81. The van der Waals surface area contributed by atoms with E-state index in [4.69, 9.17) is 9.15 Å². The molecule has 2 aromatic heterocycles. The number of thiophene rings is 1. The zero-order valence-electron chi connectivity index (χ0n) is 12.9. The van der Waals surface area contributed by atoms with Gasteiger partial charge >= 0.3 is 0 Å². The van der Waals surface area contributed by atoms with Crippen LogP contribution < -0.4 is 0 Å². The molecule has 0 unspecified atom stereocenters. The number of nitrogens with zero attached hydrogens (tertiary/aromatic N) is 2. The Balaban J connectivity index is 1.58. The van der Waals surface area contributed by atoms with Gasteiger partial charge in [-0.3, -0.25) is 0 Å². The lowest BCUT2D eigenvalue weighted by molar-refractivity contribution is 0.0996. The molecule has 3 aromatic rings. The van der Waals surface area contributed by atoms with Gasteiger partial charge in [0.05, 0.1) is 17.9 Å². The summed E-state index contributed by atoms with van der Waals surface area (Å²) in [5.41, 5.74) is 1.17. The van der Waals surface area contributed by atoms with Gasteiger partial charge in [-0.1, -0.05) is 36.4 Å². The Morgan fingerprint density at radius 3 is 2.78 bits per heavy atom. The minimum atomic E-state index is 0.00143. The largest absolute Gasteiger partial charge is 0.424 e. The molecule has 118 valence electrons. The van der Waals surface area contributed by atoms with Crippen LogP contribution in [0.15, 0.2) is 52.3 Å². The zero-order chi connectivity index (χ0) is 15.6. The Morgan fingerprint density at radius 2 is 2.00 bits per heavy atom. The molecule has 0 saturated carbocycles. The number of hydrogen-bond acceptors (Lipinski definition) is 5. The maximum absolute atomic E-state index is 6.01. The third-order valence-corrected chi connectivity index (χ3v) is 5.39. The standard InChI is InChI=1S/C18H18N2O2S/c1-12(15-8-5-11-23-15)17-19-20-18(22-17)14-9-10-21-16(14)13-6-3-2-4-7-13/h2-8,11-12,14,16H,9-10H2,1H3/t12-,14-,16+/m0/s1. The van der Waals surface area contributed by atoms with E-state index < -0.39 is 0 Å². The molecule has 0 spiro atoms. The number of rotatable bonds is 4. The molecule has 0 amide bonds. The van der Waals surface area contributed by atoms with E-state index in [1.165, 1.54) is 10.4 Å². The van der Waals surface area contributed by atoms with Crippen LogP contribution in [0.25, 0.3) is 0 Å². The summed E-state index contributed by atoms with van der Waals surface area (Å²) >= 11 is 1.71. The molecule has 5 heteroatoms. The lowest BCUT2D eigenvalue weighted by Gasteiger charge is -2.15. The van der Waals surface area contributed by atoms with Gasteiger partial charge in [0.15, 0.2) is 0 Å². The van der Waals surface area contributed by atoms with Crippen molar-refractivity contribution in [2.24, 2.45) is 0 Å². The summed E-state index contributed by atoms with van der Waals surface area (Å²) in [5.74, 6) is 1.64. The van der Waals surface area contributed by atoms with Crippen LogP contribution in [0.4, 0.5) is 0 Å². The molecular weight excluding hydrogens is 308 g/mol. The van der Waals surface area contributed by atoms with Crippen molar-refractivity contribution >= 4 is 11.3 Å². The molecule has 1 fully saturated rings. The van der Waals surface area contributed by atoms with Crippen LogP contribution in [0, 0.1) is 0 Å². The quantitative estimate of drug-likeness (QED) is 0.707. The first-order valence-corrected chi connectivity index (χ1v) is 8.74. The maximum atomic E-state index is 6.01. The summed E-state index contributed by atoms with van der Waals surface area (Å²) in [7, 11) is 0. The minimum Gasteiger partial charge on any atom is -0.424 e. The van der Waals surface area contributed by atoms with Gasteiger partial charge in [-0.2, -0.15) is 0 Å². The summed E-state index contributed by atoms with van der Waals surface area (Å²) in [6.07, 6.45) is 0.913. The van der Waals surface area contributed by atoms with Gasteiger partial charge in [-0.25, -0.2) is 0 Å². The van der Waals surface area contributed by atoms with E-state index in [2.05, 4.69) is 40.7 Å². The molecule has 1 aliphatic rings. The highest BCUT2D eigenvalue weighted by Gasteiger charge is 2.35. The molecule has 3 atom stereocenters. The third-order valence-electron chi connectivity index (χ3n) is 4.33. The highest BCUT2D eigenvalue weighted by Crippen LogP contribution is 2.41. The number of benzene rings is 1. The fraction of sp³-hybridized carbons (Fsp3) is 0.333. The average Bonchev–Trinajstić information content (AvgIpc) is 3.35. The van der Waals surface area contributed by atoms with E-state index in [-0.39, 0.29) is 17.9 Å². The van der Waals surface area contributed by atoms with Crippen LogP contribution in [0.3, 0.4) is 0 Å². The lowest BCUT2D eigenvalue weighted by Crippen LogP contribution is -2.06. The van der Waals surface area contributed by atoms with E-state index in [0.717, 1.165) is 13.0 Å². The highest BCUT2D eigenvalue weighted by atomic mass is 32.1. The molecule has 3 heterocycles. The molecule has 0 N–H and O–H groups in total. The summed E-state index contributed by atoms with van der Waals surface area (Å²) < 4.78 is 11.9. The Hall–Kier alpha value is -1.98. The number of ether oxygens (including phenoxy) is 1. The molecule has 1 aromatic carbocycles. The normalized spacial score (nSPS) is 22.3. The molecule has 1 saturated heterocycles. The van der Waals surface area contributed by atoms with Crippen molar-refractivity contribution in [1.29, 1.82) is 0 Å². The van der Waals surface area contributed by atoms with Crippen molar-refractivity contribution in [3.05, 3.63) is 70.1 Å². The molecule has 0 radical (unpaired) electrons. The Morgan fingerprint density at radius 1 is 1.13 bits per heavy atom. The number of aromatic nitrogens is 2. The summed E-state index contributed by atoms with van der Waals surface area (Å²) in [5, 5.41) is 10.7. The molecule has 4 rings (SSSR count). The van der Waals surface area contributed by atoms with Gasteiger partial charge in [0.1, 0.15) is 0 Å². The van der Waals surface area contributed by atoms with E-state index in [1.54, 1.807) is 11.3 Å². The lowest BCUT2D eigenvalue weighted by atomic mass is 9.95. The molecule has 1 aliphatic heterocycles. The van der Waals surface area contributed by atoms with E-state index in [0.29, 0.717) is 11.8 Å². The topological polar surface area (TPSA) is 48.2 Å². The fourth-order valence-electron chi connectivity index (χ4n) is 3.04.